The third-order valence-corrected chi connectivity index (χ3v) is 4.69. The Bertz CT molecular complexity index is 520. The summed E-state index contributed by atoms with van der Waals surface area (Å²) in [5.74, 6) is 0. The molecule has 1 saturated heterocycles. The molecule has 4 heteroatoms. The van der Waals surface area contributed by atoms with Crippen LogP contribution in [-0.4, -0.2) is 26.9 Å². The van der Waals surface area contributed by atoms with E-state index < -0.39 is 11.4 Å². The van der Waals surface area contributed by atoms with Crippen LogP contribution in [0.25, 0.3) is 10.8 Å². The Hall–Kier alpha value is -1.10. The van der Waals surface area contributed by atoms with Crippen molar-refractivity contribution in [2.24, 2.45) is 0 Å². The van der Waals surface area contributed by atoms with E-state index in [1.807, 2.05) is 30.5 Å². The van der Waals surface area contributed by atoms with Crippen molar-refractivity contribution in [1.29, 1.82) is 0 Å². The SMILES string of the molecule is [O-][S+](c1cccc2cnccc12)N1CCCC1. The fraction of sp³-hybridized carbons (Fsp3) is 0.308. The van der Waals surface area contributed by atoms with E-state index >= 15 is 0 Å². The van der Waals surface area contributed by atoms with E-state index in [1.165, 1.54) is 0 Å². The molecule has 0 spiro atoms. The molecule has 1 aromatic heterocycles. The molecule has 0 saturated carbocycles. The minimum atomic E-state index is -1.03. The summed E-state index contributed by atoms with van der Waals surface area (Å²) in [5.41, 5.74) is 0. The Kier molecular flexibility index (Phi) is 3.01. The molecule has 0 bridgehead atoms. The summed E-state index contributed by atoms with van der Waals surface area (Å²) in [7, 11) is 0. The fourth-order valence-corrected chi connectivity index (χ4v) is 3.68. The lowest BCUT2D eigenvalue weighted by Gasteiger charge is -2.19. The van der Waals surface area contributed by atoms with Crippen molar-refractivity contribution in [1.82, 2.24) is 9.29 Å². The summed E-state index contributed by atoms with van der Waals surface area (Å²) < 4.78 is 14.5. The molecular formula is C13H14N2OS. The second-order valence-electron chi connectivity index (χ2n) is 4.24. The van der Waals surface area contributed by atoms with Crippen molar-refractivity contribution < 1.29 is 4.55 Å². The standard InChI is InChI=1S/C13H14N2OS/c16-17(15-8-1-2-9-15)13-5-3-4-11-10-14-7-6-12(11)13/h3-7,10H,1-2,8-9H2. The highest BCUT2D eigenvalue weighted by molar-refractivity contribution is 7.89. The number of rotatable bonds is 2. The van der Waals surface area contributed by atoms with Gasteiger partial charge in [0.05, 0.1) is 11.4 Å². The molecule has 1 aromatic carbocycles. The zero-order valence-electron chi connectivity index (χ0n) is 9.50. The lowest BCUT2D eigenvalue weighted by molar-refractivity contribution is 0.477. The number of hydrogen-bond acceptors (Lipinski definition) is 3. The van der Waals surface area contributed by atoms with E-state index in [4.69, 9.17) is 0 Å². The first kappa shape index (κ1) is 11.0. The number of nitrogens with zero attached hydrogens (tertiary/aromatic N) is 2. The van der Waals surface area contributed by atoms with Crippen LogP contribution in [0.5, 0.6) is 0 Å². The molecule has 1 atom stereocenters. The predicted molar refractivity (Wildman–Crippen MR) is 69.0 cm³/mol. The normalized spacial score (nSPS) is 18.6. The largest absolute Gasteiger partial charge is 0.593 e. The van der Waals surface area contributed by atoms with E-state index in [0.29, 0.717) is 0 Å². The zero-order valence-corrected chi connectivity index (χ0v) is 10.3. The van der Waals surface area contributed by atoms with Gasteiger partial charge in [-0.2, -0.15) is 0 Å². The minimum Gasteiger partial charge on any atom is -0.593 e. The molecule has 1 fully saturated rings. The van der Waals surface area contributed by atoms with Gasteiger partial charge in [0.2, 0.25) is 0 Å². The van der Waals surface area contributed by atoms with Gasteiger partial charge in [-0.3, -0.25) is 4.98 Å². The molecule has 1 unspecified atom stereocenters. The smallest absolute Gasteiger partial charge is 0.182 e. The minimum absolute atomic E-state index is 0.909. The van der Waals surface area contributed by atoms with Crippen LogP contribution in [0.3, 0.4) is 0 Å². The van der Waals surface area contributed by atoms with Gasteiger partial charge in [0.25, 0.3) is 0 Å². The average molecular weight is 246 g/mol. The maximum absolute atomic E-state index is 12.5. The number of fused-ring (bicyclic) bond motifs is 1. The Balaban J connectivity index is 2.04. The van der Waals surface area contributed by atoms with Crippen LogP contribution in [0.2, 0.25) is 0 Å². The lowest BCUT2D eigenvalue weighted by atomic mass is 10.2. The molecule has 0 N–H and O–H groups in total. The molecule has 1 aliphatic rings. The molecule has 1 aliphatic heterocycles. The van der Waals surface area contributed by atoms with Crippen LogP contribution in [0.15, 0.2) is 41.6 Å². The van der Waals surface area contributed by atoms with Crippen LogP contribution in [0.1, 0.15) is 12.8 Å². The molecule has 0 amide bonds. The van der Waals surface area contributed by atoms with E-state index in [0.717, 1.165) is 41.6 Å². The Morgan fingerprint density at radius 3 is 2.82 bits per heavy atom. The summed E-state index contributed by atoms with van der Waals surface area (Å²) in [4.78, 5) is 5.01. The second kappa shape index (κ2) is 4.64. The van der Waals surface area contributed by atoms with Crippen LogP contribution >= 0.6 is 0 Å². The average Bonchev–Trinajstić information content (AvgIpc) is 2.91. The van der Waals surface area contributed by atoms with Crippen molar-refractivity contribution in [2.45, 2.75) is 17.7 Å². The highest BCUT2D eigenvalue weighted by Crippen LogP contribution is 2.27. The molecule has 3 nitrogen and oxygen atoms in total. The quantitative estimate of drug-likeness (QED) is 0.764. The first-order chi connectivity index (χ1) is 8.36. The maximum atomic E-state index is 12.5. The van der Waals surface area contributed by atoms with E-state index in [2.05, 4.69) is 9.29 Å². The van der Waals surface area contributed by atoms with Gasteiger partial charge < -0.3 is 4.55 Å². The van der Waals surface area contributed by atoms with Crippen molar-refractivity contribution in [3.05, 3.63) is 36.7 Å². The highest BCUT2D eigenvalue weighted by atomic mass is 32.2. The number of hydrogen-bond donors (Lipinski definition) is 0. The summed E-state index contributed by atoms with van der Waals surface area (Å²) in [6.45, 7) is 1.88. The van der Waals surface area contributed by atoms with Gasteiger partial charge in [-0.15, -0.1) is 4.31 Å². The van der Waals surface area contributed by atoms with Crippen LogP contribution in [-0.2, 0) is 11.4 Å². The first-order valence-electron chi connectivity index (χ1n) is 5.86. The van der Waals surface area contributed by atoms with Crippen molar-refractivity contribution in [2.75, 3.05) is 13.1 Å². The highest BCUT2D eigenvalue weighted by Gasteiger charge is 2.27. The molecule has 2 heterocycles. The third-order valence-electron chi connectivity index (χ3n) is 3.13. The third kappa shape index (κ3) is 2.04. The number of benzene rings is 1. The van der Waals surface area contributed by atoms with Gasteiger partial charge in [-0.1, -0.05) is 12.1 Å². The van der Waals surface area contributed by atoms with E-state index in [-0.39, 0.29) is 0 Å². The molecule has 0 radical (unpaired) electrons. The molecule has 2 aromatic rings. The Morgan fingerprint density at radius 2 is 2.00 bits per heavy atom. The van der Waals surface area contributed by atoms with Crippen LogP contribution < -0.4 is 0 Å². The summed E-state index contributed by atoms with van der Waals surface area (Å²) in [5, 5.41) is 2.10. The molecular weight excluding hydrogens is 232 g/mol. The van der Waals surface area contributed by atoms with E-state index in [1.54, 1.807) is 6.20 Å². The summed E-state index contributed by atoms with van der Waals surface area (Å²) in [6.07, 6.45) is 5.88. The first-order valence-corrected chi connectivity index (χ1v) is 6.96. The van der Waals surface area contributed by atoms with Gasteiger partial charge in [-0.25, -0.2) is 0 Å². The van der Waals surface area contributed by atoms with Gasteiger partial charge in [-0.05, 0) is 25.0 Å². The Labute approximate surface area is 104 Å². The second-order valence-corrected chi connectivity index (χ2v) is 5.69. The predicted octanol–water partition coefficient (Wildman–Crippen LogP) is 2.35. The fourth-order valence-electron chi connectivity index (χ4n) is 2.24. The lowest BCUT2D eigenvalue weighted by Crippen LogP contribution is -2.28. The van der Waals surface area contributed by atoms with Gasteiger partial charge in [0.15, 0.2) is 4.90 Å². The van der Waals surface area contributed by atoms with E-state index in [9.17, 15) is 4.55 Å². The zero-order chi connectivity index (χ0) is 11.7. The molecule has 17 heavy (non-hydrogen) atoms. The van der Waals surface area contributed by atoms with Crippen molar-refractivity contribution in [3.8, 4) is 0 Å². The van der Waals surface area contributed by atoms with Gasteiger partial charge in [0, 0.05) is 36.3 Å². The van der Waals surface area contributed by atoms with Crippen molar-refractivity contribution >= 4 is 22.1 Å². The molecule has 0 aliphatic carbocycles. The summed E-state index contributed by atoms with van der Waals surface area (Å²) >= 11 is -1.03. The van der Waals surface area contributed by atoms with Crippen LogP contribution in [0, 0.1) is 0 Å². The van der Waals surface area contributed by atoms with Gasteiger partial charge >= 0.3 is 0 Å². The monoisotopic (exact) mass is 246 g/mol. The topological polar surface area (TPSA) is 39.2 Å². The van der Waals surface area contributed by atoms with Crippen molar-refractivity contribution in [3.63, 3.8) is 0 Å². The molecule has 88 valence electrons. The Morgan fingerprint density at radius 1 is 1.18 bits per heavy atom. The molecule has 3 rings (SSSR count). The number of pyridine rings is 1. The summed E-state index contributed by atoms with van der Waals surface area (Å²) in [6, 6.07) is 7.86. The van der Waals surface area contributed by atoms with Crippen LogP contribution in [0.4, 0.5) is 0 Å². The van der Waals surface area contributed by atoms with Gasteiger partial charge in [0.1, 0.15) is 0 Å². The number of aromatic nitrogens is 1. The maximum Gasteiger partial charge on any atom is 0.182 e.